The number of carbonyl (C=O) groups excluding carboxylic acids is 1. The largest absolute Gasteiger partial charge is 0.478 e. The summed E-state index contributed by atoms with van der Waals surface area (Å²) in [4.78, 5) is 23.0. The van der Waals surface area contributed by atoms with Gasteiger partial charge in [-0.2, -0.15) is 0 Å². The van der Waals surface area contributed by atoms with Gasteiger partial charge in [-0.1, -0.05) is 32.9 Å². The summed E-state index contributed by atoms with van der Waals surface area (Å²) in [6.45, 7) is 7.98. The molecule has 0 fully saturated rings. The van der Waals surface area contributed by atoms with Gasteiger partial charge in [-0.05, 0) is 30.4 Å². The minimum Gasteiger partial charge on any atom is -0.478 e. The molecule has 19 heavy (non-hydrogen) atoms. The van der Waals surface area contributed by atoms with Gasteiger partial charge in [-0.25, -0.2) is 4.79 Å². The molecular weight excluding hydrogens is 242 g/mol. The Morgan fingerprint density at radius 3 is 2.42 bits per heavy atom. The van der Waals surface area contributed by atoms with Crippen molar-refractivity contribution in [2.75, 3.05) is 5.32 Å². The smallest absolute Gasteiger partial charge is 0.337 e. The minimum absolute atomic E-state index is 0.0820. The fraction of sp³-hybridized carbons (Fsp3) is 0.467. The highest BCUT2D eigenvalue weighted by molar-refractivity contribution is 6.01. The summed E-state index contributed by atoms with van der Waals surface area (Å²) in [7, 11) is 0. The summed E-state index contributed by atoms with van der Waals surface area (Å²) in [6.07, 6.45) is 1.14. The zero-order valence-corrected chi connectivity index (χ0v) is 11.9. The SMILES string of the molecule is Cc1cccc(C(=O)O)c1NC(=O)CCC(C)(C)C. The van der Waals surface area contributed by atoms with Gasteiger partial charge in [0.05, 0.1) is 11.3 Å². The molecule has 104 valence electrons. The Hall–Kier alpha value is -1.84. The van der Waals surface area contributed by atoms with Gasteiger partial charge in [0.2, 0.25) is 5.91 Å². The normalized spacial score (nSPS) is 11.2. The second-order valence-electron chi connectivity index (χ2n) is 5.91. The number of anilines is 1. The molecule has 0 aliphatic rings. The lowest BCUT2D eigenvalue weighted by molar-refractivity contribution is -0.116. The molecule has 0 unspecified atom stereocenters. The van der Waals surface area contributed by atoms with Crippen molar-refractivity contribution in [3.05, 3.63) is 29.3 Å². The maximum atomic E-state index is 11.9. The Morgan fingerprint density at radius 2 is 1.89 bits per heavy atom. The number of amides is 1. The van der Waals surface area contributed by atoms with Crippen LogP contribution < -0.4 is 5.32 Å². The van der Waals surface area contributed by atoms with Crippen molar-refractivity contribution in [2.45, 2.75) is 40.5 Å². The summed E-state index contributed by atoms with van der Waals surface area (Å²) >= 11 is 0. The van der Waals surface area contributed by atoms with Crippen LogP contribution in [0.3, 0.4) is 0 Å². The van der Waals surface area contributed by atoms with Gasteiger partial charge < -0.3 is 10.4 Å². The molecule has 0 heterocycles. The Labute approximate surface area is 113 Å². The summed E-state index contributed by atoms with van der Waals surface area (Å²) in [5, 5.41) is 11.8. The number of benzene rings is 1. The van der Waals surface area contributed by atoms with Crippen molar-refractivity contribution in [1.29, 1.82) is 0 Å². The predicted molar refractivity (Wildman–Crippen MR) is 75.5 cm³/mol. The second kappa shape index (κ2) is 5.87. The number of hydrogen-bond donors (Lipinski definition) is 2. The van der Waals surface area contributed by atoms with Crippen molar-refractivity contribution < 1.29 is 14.7 Å². The van der Waals surface area contributed by atoms with Gasteiger partial charge in [0, 0.05) is 6.42 Å². The Balaban J connectivity index is 2.82. The fourth-order valence-corrected chi connectivity index (χ4v) is 1.70. The van der Waals surface area contributed by atoms with E-state index in [1.165, 1.54) is 6.07 Å². The van der Waals surface area contributed by atoms with Crippen LogP contribution in [0.5, 0.6) is 0 Å². The van der Waals surface area contributed by atoms with Crippen molar-refractivity contribution in [2.24, 2.45) is 5.41 Å². The van der Waals surface area contributed by atoms with E-state index in [1.54, 1.807) is 19.1 Å². The average Bonchev–Trinajstić information content (AvgIpc) is 2.28. The van der Waals surface area contributed by atoms with Crippen molar-refractivity contribution in [3.8, 4) is 0 Å². The van der Waals surface area contributed by atoms with E-state index in [0.29, 0.717) is 12.1 Å². The number of aromatic carboxylic acids is 1. The number of hydrogen-bond acceptors (Lipinski definition) is 2. The monoisotopic (exact) mass is 263 g/mol. The van der Waals surface area contributed by atoms with Crippen LogP contribution in [0.4, 0.5) is 5.69 Å². The van der Waals surface area contributed by atoms with Crippen LogP contribution in [-0.2, 0) is 4.79 Å². The molecular formula is C15H21NO3. The summed E-state index contributed by atoms with van der Waals surface area (Å²) in [5.41, 5.74) is 1.36. The number of para-hydroxylation sites is 1. The third-order valence-corrected chi connectivity index (χ3v) is 2.87. The first kappa shape index (κ1) is 15.2. The highest BCUT2D eigenvalue weighted by Gasteiger charge is 2.16. The maximum absolute atomic E-state index is 11.9. The third kappa shape index (κ3) is 4.73. The molecule has 1 aromatic carbocycles. The van der Waals surface area contributed by atoms with E-state index in [1.807, 2.05) is 0 Å². The molecule has 1 aromatic rings. The molecule has 0 atom stereocenters. The van der Waals surface area contributed by atoms with Gasteiger partial charge in [0.1, 0.15) is 0 Å². The van der Waals surface area contributed by atoms with Gasteiger partial charge in [-0.15, -0.1) is 0 Å². The van der Waals surface area contributed by atoms with E-state index >= 15 is 0 Å². The Bertz CT molecular complexity index is 487. The topological polar surface area (TPSA) is 66.4 Å². The number of nitrogens with one attached hydrogen (secondary N) is 1. The van der Waals surface area contributed by atoms with E-state index in [2.05, 4.69) is 26.1 Å². The second-order valence-corrected chi connectivity index (χ2v) is 5.91. The Kier molecular flexibility index (Phi) is 4.70. The first-order valence-corrected chi connectivity index (χ1v) is 6.33. The lowest BCUT2D eigenvalue weighted by atomic mass is 9.90. The highest BCUT2D eigenvalue weighted by Crippen LogP contribution is 2.23. The van der Waals surface area contributed by atoms with Crippen molar-refractivity contribution in [3.63, 3.8) is 0 Å². The molecule has 4 heteroatoms. The molecule has 0 aliphatic heterocycles. The van der Waals surface area contributed by atoms with Gasteiger partial charge in [0.15, 0.2) is 0 Å². The predicted octanol–water partition coefficient (Wildman–Crippen LogP) is 3.46. The zero-order chi connectivity index (χ0) is 14.6. The lowest BCUT2D eigenvalue weighted by Crippen LogP contribution is -2.18. The van der Waals surface area contributed by atoms with E-state index in [4.69, 9.17) is 5.11 Å². The van der Waals surface area contributed by atoms with Crippen molar-refractivity contribution >= 4 is 17.6 Å². The fourth-order valence-electron chi connectivity index (χ4n) is 1.70. The number of aryl methyl sites for hydroxylation is 1. The number of rotatable bonds is 4. The third-order valence-electron chi connectivity index (χ3n) is 2.87. The first-order chi connectivity index (χ1) is 8.70. The zero-order valence-electron chi connectivity index (χ0n) is 11.9. The molecule has 0 aliphatic carbocycles. The van der Waals surface area contributed by atoms with E-state index in [9.17, 15) is 9.59 Å². The van der Waals surface area contributed by atoms with Crippen LogP contribution in [0, 0.1) is 12.3 Å². The summed E-state index contributed by atoms with van der Waals surface area (Å²) in [6, 6.07) is 4.95. The van der Waals surface area contributed by atoms with E-state index in [-0.39, 0.29) is 16.9 Å². The highest BCUT2D eigenvalue weighted by atomic mass is 16.4. The standard InChI is InChI=1S/C15H21NO3/c1-10-6-5-7-11(14(18)19)13(10)16-12(17)8-9-15(2,3)4/h5-7H,8-9H2,1-4H3,(H,16,17)(H,18,19). The van der Waals surface area contributed by atoms with E-state index in [0.717, 1.165) is 12.0 Å². The summed E-state index contributed by atoms with van der Waals surface area (Å²) < 4.78 is 0. The quantitative estimate of drug-likeness (QED) is 0.874. The van der Waals surface area contributed by atoms with E-state index < -0.39 is 5.97 Å². The number of carboxylic acids is 1. The molecule has 4 nitrogen and oxygen atoms in total. The van der Waals surface area contributed by atoms with Crippen LogP contribution in [-0.4, -0.2) is 17.0 Å². The average molecular weight is 263 g/mol. The van der Waals surface area contributed by atoms with Crippen LogP contribution in [0.2, 0.25) is 0 Å². The lowest BCUT2D eigenvalue weighted by Gasteiger charge is -2.18. The van der Waals surface area contributed by atoms with Crippen LogP contribution in [0.25, 0.3) is 0 Å². The van der Waals surface area contributed by atoms with Gasteiger partial charge >= 0.3 is 5.97 Å². The Morgan fingerprint density at radius 1 is 1.26 bits per heavy atom. The number of carboxylic acid groups (broad SMARTS) is 1. The number of carbonyl (C=O) groups is 2. The molecule has 0 radical (unpaired) electrons. The van der Waals surface area contributed by atoms with Crippen molar-refractivity contribution in [1.82, 2.24) is 0 Å². The molecule has 1 rings (SSSR count). The molecule has 0 saturated carbocycles. The molecule has 2 N–H and O–H groups in total. The van der Waals surface area contributed by atoms with Crippen LogP contribution in [0.1, 0.15) is 49.5 Å². The minimum atomic E-state index is -1.03. The maximum Gasteiger partial charge on any atom is 0.337 e. The summed E-state index contributed by atoms with van der Waals surface area (Å²) in [5.74, 6) is -1.18. The van der Waals surface area contributed by atoms with Gasteiger partial charge in [-0.3, -0.25) is 4.79 Å². The molecule has 0 bridgehead atoms. The van der Waals surface area contributed by atoms with Crippen LogP contribution >= 0.6 is 0 Å². The first-order valence-electron chi connectivity index (χ1n) is 6.33. The molecule has 0 aromatic heterocycles. The molecule has 1 amide bonds. The molecule has 0 spiro atoms. The van der Waals surface area contributed by atoms with Crippen LogP contribution in [0.15, 0.2) is 18.2 Å². The van der Waals surface area contributed by atoms with Gasteiger partial charge in [0.25, 0.3) is 0 Å². The molecule has 0 saturated heterocycles.